The third-order valence-corrected chi connectivity index (χ3v) is 1.42. The van der Waals surface area contributed by atoms with E-state index < -0.39 is 0 Å². The molecule has 1 aromatic heterocycles. The van der Waals surface area contributed by atoms with Gasteiger partial charge in [-0.2, -0.15) is 0 Å². The number of benzene rings is 1. The van der Waals surface area contributed by atoms with Crippen LogP contribution in [0.25, 0.3) is 10.9 Å². The molecular formula is C9H7NO. The van der Waals surface area contributed by atoms with Crippen molar-refractivity contribution in [3.63, 3.8) is 0 Å². The zero-order valence-electron chi connectivity index (χ0n) is 8.63. The zero-order chi connectivity index (χ0) is 10.3. The molecule has 0 saturated heterocycles. The lowest BCUT2D eigenvalue weighted by Crippen LogP contribution is -1.76. The molecule has 1 heterocycles. The van der Waals surface area contributed by atoms with Crippen LogP contribution >= 0.6 is 0 Å². The van der Waals surface area contributed by atoms with Crippen molar-refractivity contribution in [2.75, 3.05) is 0 Å². The predicted molar refractivity (Wildman–Crippen MR) is 43.4 cm³/mol. The summed E-state index contributed by atoms with van der Waals surface area (Å²) in [5.74, 6) is -0.273. The van der Waals surface area contributed by atoms with Crippen molar-refractivity contribution in [1.82, 2.24) is 4.98 Å². The first kappa shape index (κ1) is 3.72. The van der Waals surface area contributed by atoms with Gasteiger partial charge < -0.3 is 5.11 Å². The highest BCUT2D eigenvalue weighted by Gasteiger charge is 1.96. The van der Waals surface area contributed by atoms with Crippen LogP contribution in [-0.4, -0.2) is 10.1 Å². The van der Waals surface area contributed by atoms with Gasteiger partial charge in [0.2, 0.25) is 0 Å². The summed E-state index contributed by atoms with van der Waals surface area (Å²) in [4.78, 5) is 3.77. The van der Waals surface area contributed by atoms with Gasteiger partial charge in [0.25, 0.3) is 0 Å². The molecule has 54 valence electrons. The van der Waals surface area contributed by atoms with E-state index in [4.69, 9.17) is 4.11 Å². The van der Waals surface area contributed by atoms with Crippen LogP contribution in [0.15, 0.2) is 36.5 Å². The first-order valence-corrected chi connectivity index (χ1v) is 3.16. The summed E-state index contributed by atoms with van der Waals surface area (Å²) in [5, 5.41) is 9.94. The molecule has 0 aliphatic heterocycles. The number of hydrogen-bond acceptors (Lipinski definition) is 2. The summed E-state index contributed by atoms with van der Waals surface area (Å²) in [6, 6.07) is 4.24. The van der Waals surface area contributed by atoms with Crippen LogP contribution in [0.4, 0.5) is 0 Å². The lowest BCUT2D eigenvalue weighted by atomic mass is 10.2. The SMILES string of the molecule is [2H]c1ccc2c([2H])cc([2H])c(O)c2n1. The summed E-state index contributed by atoms with van der Waals surface area (Å²) in [5.41, 5.74) is 0.148. The molecule has 1 aromatic carbocycles. The van der Waals surface area contributed by atoms with Gasteiger partial charge in [0, 0.05) is 11.6 Å². The molecule has 2 nitrogen and oxygen atoms in total. The van der Waals surface area contributed by atoms with E-state index in [1.165, 1.54) is 12.1 Å². The minimum absolute atomic E-state index is 0.0119. The zero-order valence-corrected chi connectivity index (χ0v) is 5.63. The van der Waals surface area contributed by atoms with Crippen LogP contribution in [0.1, 0.15) is 4.11 Å². The Labute approximate surface area is 68.3 Å². The number of fused-ring (bicyclic) bond motifs is 1. The van der Waals surface area contributed by atoms with E-state index in [2.05, 4.69) is 4.98 Å². The van der Waals surface area contributed by atoms with Gasteiger partial charge in [0.05, 0.1) is 4.11 Å². The van der Waals surface area contributed by atoms with Gasteiger partial charge in [-0.05, 0) is 12.1 Å². The number of hydrogen-bond donors (Lipinski definition) is 1. The average molecular weight is 148 g/mol. The number of phenols is 1. The summed E-state index contributed by atoms with van der Waals surface area (Å²) in [7, 11) is 0. The molecule has 2 aromatic rings. The topological polar surface area (TPSA) is 33.1 Å². The first-order chi connectivity index (χ1) is 6.59. The fourth-order valence-electron chi connectivity index (χ4n) is 0.909. The van der Waals surface area contributed by atoms with Crippen LogP contribution in [0.5, 0.6) is 5.75 Å². The fourth-order valence-corrected chi connectivity index (χ4v) is 0.909. The second-order valence-corrected chi connectivity index (χ2v) is 2.12. The van der Waals surface area contributed by atoms with Crippen molar-refractivity contribution < 1.29 is 9.22 Å². The molecule has 2 heteroatoms. The van der Waals surface area contributed by atoms with Gasteiger partial charge in [-0.1, -0.05) is 18.2 Å². The molecule has 0 bridgehead atoms. The van der Waals surface area contributed by atoms with Crippen molar-refractivity contribution in [3.8, 4) is 5.75 Å². The van der Waals surface area contributed by atoms with Crippen molar-refractivity contribution in [2.24, 2.45) is 0 Å². The highest BCUT2D eigenvalue weighted by Crippen LogP contribution is 2.20. The molecule has 1 N–H and O–H groups in total. The largest absolute Gasteiger partial charge is 0.506 e. The van der Waals surface area contributed by atoms with Crippen LogP contribution < -0.4 is 0 Å². The maximum Gasteiger partial charge on any atom is 0.141 e. The number of nitrogens with zero attached hydrogens (tertiary/aromatic N) is 1. The Hall–Kier alpha value is -1.57. The standard InChI is InChI=1S/C9H7NO/c11-8-5-1-3-7-4-2-6-10-9(7)8/h1-6,11H/i3D,5D,6D. The number of aromatic hydroxyl groups is 1. The second kappa shape index (κ2) is 2.23. The molecule has 0 fully saturated rings. The monoisotopic (exact) mass is 148 g/mol. The Bertz CT molecular complexity index is 513. The minimum atomic E-state index is -0.273. The molecule has 0 unspecified atom stereocenters. The van der Waals surface area contributed by atoms with E-state index in [0.717, 1.165) is 0 Å². The molecule has 0 atom stereocenters. The Kier molecular flexibility index (Phi) is 0.755. The van der Waals surface area contributed by atoms with Crippen molar-refractivity contribution >= 4 is 10.9 Å². The fraction of sp³-hybridized carbons (Fsp3) is 0. The Morgan fingerprint density at radius 1 is 1.36 bits per heavy atom. The quantitative estimate of drug-likeness (QED) is 0.619. The number of pyridine rings is 1. The Balaban J connectivity index is 2.95. The van der Waals surface area contributed by atoms with Gasteiger partial charge in [-0.15, -0.1) is 0 Å². The molecule has 0 saturated carbocycles. The second-order valence-electron chi connectivity index (χ2n) is 2.12. The van der Waals surface area contributed by atoms with E-state index >= 15 is 0 Å². The maximum absolute atomic E-state index is 9.49. The van der Waals surface area contributed by atoms with Crippen LogP contribution in [-0.2, 0) is 0 Å². The van der Waals surface area contributed by atoms with E-state index in [-0.39, 0.29) is 29.5 Å². The number of phenolic OH excluding ortho intramolecular Hbond substituents is 1. The maximum atomic E-state index is 9.49. The summed E-state index contributed by atoms with van der Waals surface area (Å²) in [6.07, 6.45) is 0.0119. The van der Waals surface area contributed by atoms with Gasteiger partial charge in [-0.3, -0.25) is 4.98 Å². The van der Waals surface area contributed by atoms with E-state index in [1.54, 1.807) is 6.07 Å². The summed E-state index contributed by atoms with van der Waals surface area (Å²) < 4.78 is 22.2. The van der Waals surface area contributed by atoms with Crippen molar-refractivity contribution in [3.05, 3.63) is 36.5 Å². The van der Waals surface area contributed by atoms with Crippen LogP contribution in [0.3, 0.4) is 0 Å². The molecule has 0 aliphatic rings. The molecular weight excluding hydrogens is 138 g/mol. The minimum Gasteiger partial charge on any atom is -0.506 e. The van der Waals surface area contributed by atoms with E-state index in [0.29, 0.717) is 5.39 Å². The number of aromatic nitrogens is 1. The Morgan fingerprint density at radius 2 is 2.27 bits per heavy atom. The van der Waals surface area contributed by atoms with Crippen LogP contribution in [0.2, 0.25) is 0 Å². The first-order valence-electron chi connectivity index (χ1n) is 4.66. The van der Waals surface area contributed by atoms with Gasteiger partial charge in [0.15, 0.2) is 0 Å². The molecule has 0 amide bonds. The normalized spacial score (nSPS) is 14.0. The summed E-state index contributed by atoms with van der Waals surface area (Å²) in [6.45, 7) is 0. The average Bonchev–Trinajstić information content (AvgIpc) is 2.14. The van der Waals surface area contributed by atoms with E-state index in [1.807, 2.05) is 0 Å². The van der Waals surface area contributed by atoms with Crippen LogP contribution in [0, 0.1) is 0 Å². The number of rotatable bonds is 0. The van der Waals surface area contributed by atoms with Gasteiger partial charge in [0.1, 0.15) is 11.3 Å². The lowest BCUT2D eigenvalue weighted by molar-refractivity contribution is 0.480. The van der Waals surface area contributed by atoms with Gasteiger partial charge >= 0.3 is 0 Å². The highest BCUT2D eigenvalue weighted by atomic mass is 16.3. The highest BCUT2D eigenvalue weighted by molar-refractivity contribution is 5.83. The Morgan fingerprint density at radius 3 is 3.18 bits per heavy atom. The number of para-hydroxylation sites is 1. The molecule has 11 heavy (non-hydrogen) atoms. The third-order valence-electron chi connectivity index (χ3n) is 1.42. The third kappa shape index (κ3) is 0.923. The molecule has 0 spiro atoms. The molecule has 0 radical (unpaired) electrons. The molecule has 0 aliphatic carbocycles. The van der Waals surface area contributed by atoms with Crippen molar-refractivity contribution in [1.29, 1.82) is 0 Å². The van der Waals surface area contributed by atoms with Crippen molar-refractivity contribution in [2.45, 2.75) is 0 Å². The smallest absolute Gasteiger partial charge is 0.141 e. The summed E-state index contributed by atoms with van der Waals surface area (Å²) >= 11 is 0. The van der Waals surface area contributed by atoms with E-state index in [9.17, 15) is 5.11 Å². The molecule has 2 rings (SSSR count). The predicted octanol–water partition coefficient (Wildman–Crippen LogP) is 1.94. The van der Waals surface area contributed by atoms with Gasteiger partial charge in [-0.25, -0.2) is 0 Å². The lowest BCUT2D eigenvalue weighted by Gasteiger charge is -1.96.